The smallest absolute Gasteiger partial charge is 0.242 e. The Labute approximate surface area is 118 Å². The lowest BCUT2D eigenvalue weighted by molar-refractivity contribution is -0.122. The number of nitrogens with one attached hydrogen (secondary N) is 1. The summed E-state index contributed by atoms with van der Waals surface area (Å²) in [5.74, 6) is -0.0525. The van der Waals surface area contributed by atoms with Gasteiger partial charge < -0.3 is 5.32 Å². The highest BCUT2D eigenvalue weighted by Gasteiger charge is 2.18. The van der Waals surface area contributed by atoms with Gasteiger partial charge in [0, 0.05) is 24.5 Å². The maximum atomic E-state index is 12.0. The molecule has 0 aliphatic rings. The van der Waals surface area contributed by atoms with Gasteiger partial charge in [0.1, 0.15) is 6.54 Å². The summed E-state index contributed by atoms with van der Waals surface area (Å²) in [7, 11) is 1.91. The minimum atomic E-state index is -0.0622. The number of hydrogen-bond donors (Lipinski definition) is 1. The second-order valence-corrected chi connectivity index (χ2v) is 5.21. The van der Waals surface area contributed by atoms with Crippen LogP contribution in [-0.2, 0) is 18.4 Å². The molecule has 0 aliphatic heterocycles. The highest BCUT2D eigenvalue weighted by molar-refractivity contribution is 5.76. The van der Waals surface area contributed by atoms with Crippen LogP contribution in [0.25, 0.3) is 0 Å². The van der Waals surface area contributed by atoms with Gasteiger partial charge in [0.2, 0.25) is 5.91 Å². The van der Waals surface area contributed by atoms with E-state index in [2.05, 4.69) is 15.5 Å². The van der Waals surface area contributed by atoms with Crippen molar-refractivity contribution in [2.45, 2.75) is 40.3 Å². The SMILES string of the molecule is Cc1cnn(CC(=O)N[C@H](C)c2c(C)nn(C)c2C)c1. The van der Waals surface area contributed by atoms with Crippen LogP contribution < -0.4 is 5.32 Å². The van der Waals surface area contributed by atoms with Gasteiger partial charge in [-0.1, -0.05) is 0 Å². The maximum Gasteiger partial charge on any atom is 0.242 e. The van der Waals surface area contributed by atoms with Crippen molar-refractivity contribution >= 4 is 5.91 Å². The quantitative estimate of drug-likeness (QED) is 0.917. The molecular weight excluding hydrogens is 254 g/mol. The third-order valence-electron chi connectivity index (χ3n) is 3.44. The average molecular weight is 275 g/mol. The Morgan fingerprint density at radius 2 is 2.10 bits per heavy atom. The Morgan fingerprint density at radius 1 is 1.40 bits per heavy atom. The monoisotopic (exact) mass is 275 g/mol. The van der Waals surface area contributed by atoms with Crippen molar-refractivity contribution in [2.75, 3.05) is 0 Å². The Hall–Kier alpha value is -2.11. The molecule has 0 radical (unpaired) electrons. The van der Waals surface area contributed by atoms with E-state index in [0.29, 0.717) is 0 Å². The molecule has 1 amide bonds. The van der Waals surface area contributed by atoms with Crippen LogP contribution in [0.4, 0.5) is 0 Å². The van der Waals surface area contributed by atoms with E-state index >= 15 is 0 Å². The fourth-order valence-corrected chi connectivity index (χ4v) is 2.48. The van der Waals surface area contributed by atoms with E-state index in [-0.39, 0.29) is 18.5 Å². The number of carbonyl (C=O) groups is 1. The number of nitrogens with zero attached hydrogens (tertiary/aromatic N) is 4. The van der Waals surface area contributed by atoms with Crippen molar-refractivity contribution in [2.24, 2.45) is 7.05 Å². The van der Waals surface area contributed by atoms with E-state index in [1.165, 1.54) is 0 Å². The first-order chi connectivity index (χ1) is 9.38. The molecule has 0 saturated heterocycles. The highest BCUT2D eigenvalue weighted by atomic mass is 16.2. The molecule has 2 aromatic rings. The summed E-state index contributed by atoms with van der Waals surface area (Å²) in [5, 5.41) is 11.5. The van der Waals surface area contributed by atoms with Crippen LogP contribution in [0.2, 0.25) is 0 Å². The summed E-state index contributed by atoms with van der Waals surface area (Å²) in [6, 6.07) is -0.0622. The standard InChI is InChI=1S/C14H21N5O/c1-9-6-15-19(7-9)8-13(20)16-10(2)14-11(3)17-18(5)12(14)4/h6-7,10H,8H2,1-5H3,(H,16,20)/t10-/m1/s1. The van der Waals surface area contributed by atoms with Crippen LogP contribution in [0.1, 0.15) is 35.5 Å². The summed E-state index contributed by atoms with van der Waals surface area (Å²) in [4.78, 5) is 12.0. The molecule has 0 aromatic carbocycles. The number of carbonyl (C=O) groups excluding carboxylic acids is 1. The predicted molar refractivity (Wildman–Crippen MR) is 76.2 cm³/mol. The normalized spacial score (nSPS) is 12.4. The summed E-state index contributed by atoms with van der Waals surface area (Å²) in [6.45, 7) is 8.13. The van der Waals surface area contributed by atoms with Crippen molar-refractivity contribution in [3.8, 4) is 0 Å². The Balaban J connectivity index is 2.04. The minimum Gasteiger partial charge on any atom is -0.348 e. The lowest BCUT2D eigenvalue weighted by Crippen LogP contribution is -2.30. The first kappa shape index (κ1) is 14.3. The van der Waals surface area contributed by atoms with Gasteiger partial charge in [-0.05, 0) is 33.3 Å². The van der Waals surface area contributed by atoms with Crippen LogP contribution in [0.5, 0.6) is 0 Å². The van der Waals surface area contributed by atoms with Crippen molar-refractivity contribution < 1.29 is 4.79 Å². The molecule has 0 spiro atoms. The first-order valence-electron chi connectivity index (χ1n) is 6.67. The Bertz CT molecular complexity index is 626. The van der Waals surface area contributed by atoms with Gasteiger partial charge in [0.25, 0.3) is 0 Å². The molecule has 2 heterocycles. The molecule has 2 rings (SSSR count). The highest BCUT2D eigenvalue weighted by Crippen LogP contribution is 2.20. The van der Waals surface area contributed by atoms with E-state index in [1.807, 2.05) is 45.6 Å². The van der Waals surface area contributed by atoms with Crippen LogP contribution in [-0.4, -0.2) is 25.5 Å². The second-order valence-electron chi connectivity index (χ2n) is 5.21. The minimum absolute atomic E-state index is 0.0525. The van der Waals surface area contributed by atoms with E-state index in [4.69, 9.17) is 0 Å². The maximum absolute atomic E-state index is 12.0. The van der Waals surface area contributed by atoms with E-state index in [1.54, 1.807) is 10.9 Å². The zero-order chi connectivity index (χ0) is 14.9. The van der Waals surface area contributed by atoms with Crippen LogP contribution in [0.3, 0.4) is 0 Å². The molecule has 2 aromatic heterocycles. The third-order valence-corrected chi connectivity index (χ3v) is 3.44. The van der Waals surface area contributed by atoms with Gasteiger partial charge in [-0.3, -0.25) is 14.2 Å². The number of rotatable bonds is 4. The molecule has 20 heavy (non-hydrogen) atoms. The lowest BCUT2D eigenvalue weighted by Gasteiger charge is -2.14. The molecular formula is C14H21N5O. The number of amides is 1. The molecule has 0 fully saturated rings. The van der Waals surface area contributed by atoms with Gasteiger partial charge in [-0.2, -0.15) is 10.2 Å². The van der Waals surface area contributed by atoms with Crippen molar-refractivity contribution in [1.29, 1.82) is 0 Å². The molecule has 6 nitrogen and oxygen atoms in total. The van der Waals surface area contributed by atoms with Crippen molar-refractivity contribution in [3.63, 3.8) is 0 Å². The number of aromatic nitrogens is 4. The van der Waals surface area contributed by atoms with Gasteiger partial charge in [0.15, 0.2) is 0 Å². The van der Waals surface area contributed by atoms with Gasteiger partial charge in [0.05, 0.1) is 17.9 Å². The molecule has 0 bridgehead atoms. The van der Waals surface area contributed by atoms with Crippen molar-refractivity contribution in [1.82, 2.24) is 24.9 Å². The first-order valence-corrected chi connectivity index (χ1v) is 6.67. The van der Waals surface area contributed by atoms with Crippen LogP contribution >= 0.6 is 0 Å². The largest absolute Gasteiger partial charge is 0.348 e. The molecule has 0 unspecified atom stereocenters. The zero-order valence-corrected chi connectivity index (χ0v) is 12.6. The van der Waals surface area contributed by atoms with Gasteiger partial charge in [-0.15, -0.1) is 0 Å². The van der Waals surface area contributed by atoms with Gasteiger partial charge in [-0.25, -0.2) is 0 Å². The third kappa shape index (κ3) is 2.89. The van der Waals surface area contributed by atoms with Crippen LogP contribution in [0.15, 0.2) is 12.4 Å². The van der Waals surface area contributed by atoms with E-state index < -0.39 is 0 Å². The molecule has 6 heteroatoms. The summed E-state index contributed by atoms with van der Waals surface area (Å²) in [6.07, 6.45) is 3.59. The fraction of sp³-hybridized carbons (Fsp3) is 0.500. The topological polar surface area (TPSA) is 64.7 Å². The lowest BCUT2D eigenvalue weighted by atomic mass is 10.1. The average Bonchev–Trinajstić information content (AvgIpc) is 2.84. The summed E-state index contributed by atoms with van der Waals surface area (Å²) < 4.78 is 3.48. The molecule has 1 atom stereocenters. The van der Waals surface area contributed by atoms with Crippen LogP contribution in [0, 0.1) is 20.8 Å². The van der Waals surface area contributed by atoms with Gasteiger partial charge >= 0.3 is 0 Å². The predicted octanol–water partition coefficient (Wildman–Crippen LogP) is 1.42. The van der Waals surface area contributed by atoms with E-state index in [9.17, 15) is 4.79 Å². The summed E-state index contributed by atoms with van der Waals surface area (Å²) >= 11 is 0. The number of aryl methyl sites for hydroxylation is 3. The zero-order valence-electron chi connectivity index (χ0n) is 12.6. The van der Waals surface area contributed by atoms with Crippen molar-refractivity contribution in [3.05, 3.63) is 34.9 Å². The molecule has 0 aliphatic carbocycles. The second kappa shape index (κ2) is 5.48. The fourth-order valence-electron chi connectivity index (χ4n) is 2.48. The molecule has 0 saturated carbocycles. The molecule has 1 N–H and O–H groups in total. The molecule has 108 valence electrons. The number of hydrogen-bond acceptors (Lipinski definition) is 3. The Kier molecular flexibility index (Phi) is 3.92. The van der Waals surface area contributed by atoms with E-state index in [0.717, 1.165) is 22.5 Å². The summed E-state index contributed by atoms with van der Waals surface area (Å²) in [5.41, 5.74) is 4.15. The Morgan fingerprint density at radius 3 is 2.60 bits per heavy atom.